The molecule has 2 amide bonds. The summed E-state index contributed by atoms with van der Waals surface area (Å²) in [6.07, 6.45) is 1.41. The maximum Gasteiger partial charge on any atom is 0.262 e. The quantitative estimate of drug-likeness (QED) is 0.673. The standard InChI is InChI=1S/C18H26N4O5S/c1-12(17(19)25)9-10-15(24)21-18-14(23)7-5-6-13(2)22(18)28(26,27)16-8-3-4-11-20-16/h3-4,8,11-13,18H,5-7,9-10H2,1-2H3,(H2,19,25)(H,21,24)/t12?,13-,18+/m1/s1. The van der Waals surface area contributed by atoms with E-state index in [-0.39, 0.29) is 30.1 Å². The van der Waals surface area contributed by atoms with Gasteiger partial charge in [-0.1, -0.05) is 13.0 Å². The van der Waals surface area contributed by atoms with Crippen LogP contribution >= 0.6 is 0 Å². The number of pyridine rings is 1. The van der Waals surface area contributed by atoms with Crippen molar-refractivity contribution in [3.63, 3.8) is 0 Å². The molecule has 1 aliphatic rings. The van der Waals surface area contributed by atoms with Gasteiger partial charge in [0.05, 0.1) is 0 Å². The number of sulfonamides is 1. The van der Waals surface area contributed by atoms with Crippen molar-refractivity contribution in [2.24, 2.45) is 11.7 Å². The minimum absolute atomic E-state index is 0.0419. The van der Waals surface area contributed by atoms with Crippen LogP contribution in [0.5, 0.6) is 0 Å². The lowest BCUT2D eigenvalue weighted by molar-refractivity contribution is -0.130. The second kappa shape index (κ2) is 9.24. The van der Waals surface area contributed by atoms with Gasteiger partial charge < -0.3 is 11.1 Å². The number of primary amides is 1. The third-order valence-electron chi connectivity index (χ3n) is 4.81. The zero-order valence-electron chi connectivity index (χ0n) is 16.0. The van der Waals surface area contributed by atoms with Crippen molar-refractivity contribution in [3.8, 4) is 0 Å². The molecule has 2 heterocycles. The Morgan fingerprint density at radius 2 is 2.11 bits per heavy atom. The minimum Gasteiger partial charge on any atom is -0.369 e. The fraction of sp³-hybridized carbons (Fsp3) is 0.556. The Morgan fingerprint density at radius 3 is 2.71 bits per heavy atom. The molecule has 154 valence electrons. The Labute approximate surface area is 164 Å². The van der Waals surface area contributed by atoms with Crippen LogP contribution in [0.25, 0.3) is 0 Å². The lowest BCUT2D eigenvalue weighted by Crippen LogP contribution is -2.57. The molecule has 1 aliphatic heterocycles. The van der Waals surface area contributed by atoms with E-state index in [1.807, 2.05) is 0 Å². The van der Waals surface area contributed by atoms with E-state index in [1.165, 1.54) is 12.3 Å². The van der Waals surface area contributed by atoms with Crippen LogP contribution in [0.4, 0.5) is 0 Å². The Bertz CT molecular complexity index is 828. The van der Waals surface area contributed by atoms with Crippen LogP contribution in [0, 0.1) is 5.92 Å². The number of Topliss-reactive ketones (excluding diaryl/α,β-unsaturated/α-hetero) is 1. The van der Waals surface area contributed by atoms with E-state index < -0.39 is 40.0 Å². The summed E-state index contributed by atoms with van der Waals surface area (Å²) < 4.78 is 27.3. The van der Waals surface area contributed by atoms with Gasteiger partial charge in [-0.15, -0.1) is 0 Å². The molecule has 3 N–H and O–H groups in total. The summed E-state index contributed by atoms with van der Waals surface area (Å²) in [5.41, 5.74) is 5.19. The van der Waals surface area contributed by atoms with Gasteiger partial charge in [0, 0.05) is 31.0 Å². The van der Waals surface area contributed by atoms with E-state index in [0.717, 1.165) is 4.31 Å². The van der Waals surface area contributed by atoms with Crippen molar-refractivity contribution in [1.82, 2.24) is 14.6 Å². The maximum atomic E-state index is 13.1. The van der Waals surface area contributed by atoms with Gasteiger partial charge in [0.2, 0.25) is 11.8 Å². The number of ketones is 1. The third-order valence-corrected chi connectivity index (χ3v) is 6.70. The summed E-state index contributed by atoms with van der Waals surface area (Å²) in [5, 5.41) is 2.36. The predicted octanol–water partition coefficient (Wildman–Crippen LogP) is 0.558. The maximum absolute atomic E-state index is 13.1. The van der Waals surface area contributed by atoms with Gasteiger partial charge in [-0.05, 0) is 38.3 Å². The number of amides is 2. The Morgan fingerprint density at radius 1 is 1.39 bits per heavy atom. The molecule has 0 saturated carbocycles. The molecule has 9 nitrogen and oxygen atoms in total. The number of hydrogen-bond acceptors (Lipinski definition) is 6. The van der Waals surface area contributed by atoms with Crippen molar-refractivity contribution in [3.05, 3.63) is 24.4 Å². The Balaban J connectivity index is 2.28. The number of nitrogens with two attached hydrogens (primary N) is 1. The summed E-state index contributed by atoms with van der Waals surface area (Å²) in [6.45, 7) is 3.31. The van der Waals surface area contributed by atoms with Crippen LogP contribution in [0.3, 0.4) is 0 Å². The molecule has 1 aromatic rings. The number of aromatic nitrogens is 1. The van der Waals surface area contributed by atoms with Crippen LogP contribution < -0.4 is 11.1 Å². The molecule has 1 fully saturated rings. The molecule has 3 atom stereocenters. The van der Waals surface area contributed by atoms with Gasteiger partial charge >= 0.3 is 0 Å². The first kappa shape index (κ1) is 22.0. The van der Waals surface area contributed by atoms with E-state index in [9.17, 15) is 22.8 Å². The topological polar surface area (TPSA) is 140 Å². The van der Waals surface area contributed by atoms with Crippen LogP contribution in [0.15, 0.2) is 29.4 Å². The lowest BCUT2D eigenvalue weighted by Gasteiger charge is -2.32. The first-order chi connectivity index (χ1) is 13.1. The second-order valence-electron chi connectivity index (χ2n) is 7.02. The highest BCUT2D eigenvalue weighted by molar-refractivity contribution is 7.89. The van der Waals surface area contributed by atoms with Crippen molar-refractivity contribution in [1.29, 1.82) is 0 Å². The summed E-state index contributed by atoms with van der Waals surface area (Å²) in [6, 6.07) is 4.00. The number of carbonyl (C=O) groups is 3. The van der Waals surface area contributed by atoms with Gasteiger partial charge in [0.25, 0.3) is 10.0 Å². The first-order valence-corrected chi connectivity index (χ1v) is 10.6. The van der Waals surface area contributed by atoms with E-state index in [0.29, 0.717) is 12.8 Å². The molecule has 2 rings (SSSR count). The van der Waals surface area contributed by atoms with Crippen molar-refractivity contribution in [2.45, 2.75) is 63.2 Å². The smallest absolute Gasteiger partial charge is 0.262 e. The number of nitrogens with one attached hydrogen (secondary N) is 1. The van der Waals surface area contributed by atoms with Gasteiger partial charge in [0.15, 0.2) is 17.0 Å². The highest BCUT2D eigenvalue weighted by Gasteiger charge is 2.42. The van der Waals surface area contributed by atoms with E-state index in [1.54, 1.807) is 26.0 Å². The molecular formula is C18H26N4O5S. The van der Waals surface area contributed by atoms with E-state index in [4.69, 9.17) is 5.73 Å². The van der Waals surface area contributed by atoms with Crippen LogP contribution in [0.1, 0.15) is 46.0 Å². The normalized spacial score (nSPS) is 22.3. The number of carbonyl (C=O) groups excluding carboxylic acids is 3. The molecule has 1 aromatic heterocycles. The molecule has 0 spiro atoms. The summed E-state index contributed by atoms with van der Waals surface area (Å²) >= 11 is 0. The monoisotopic (exact) mass is 410 g/mol. The summed E-state index contributed by atoms with van der Waals surface area (Å²) in [5.74, 6) is -1.91. The molecule has 1 unspecified atom stereocenters. The zero-order valence-corrected chi connectivity index (χ0v) is 16.8. The van der Waals surface area contributed by atoms with Gasteiger partial charge in [-0.2, -0.15) is 4.31 Å². The average Bonchev–Trinajstić information content (AvgIpc) is 2.79. The van der Waals surface area contributed by atoms with E-state index >= 15 is 0 Å². The average molecular weight is 410 g/mol. The summed E-state index contributed by atoms with van der Waals surface area (Å²) in [4.78, 5) is 40.0. The molecule has 1 saturated heterocycles. The highest BCUT2D eigenvalue weighted by atomic mass is 32.2. The van der Waals surface area contributed by atoms with Crippen molar-refractivity contribution < 1.29 is 22.8 Å². The fourth-order valence-electron chi connectivity index (χ4n) is 3.07. The molecule has 0 bridgehead atoms. The first-order valence-electron chi connectivity index (χ1n) is 9.20. The third kappa shape index (κ3) is 5.14. The summed E-state index contributed by atoms with van der Waals surface area (Å²) in [7, 11) is -4.09. The van der Waals surface area contributed by atoms with Crippen LogP contribution in [-0.2, 0) is 24.4 Å². The number of hydrogen-bond donors (Lipinski definition) is 2. The zero-order chi connectivity index (χ0) is 20.9. The van der Waals surface area contributed by atoms with Gasteiger partial charge in [0.1, 0.15) is 0 Å². The highest BCUT2D eigenvalue weighted by Crippen LogP contribution is 2.26. The molecule has 28 heavy (non-hydrogen) atoms. The van der Waals surface area contributed by atoms with Gasteiger partial charge in [-0.3, -0.25) is 14.4 Å². The SMILES string of the molecule is CC(CCC(=O)N[C@@H]1C(=O)CCC[C@@H](C)N1S(=O)(=O)c1ccccn1)C(N)=O. The molecule has 0 radical (unpaired) electrons. The molecule has 10 heteroatoms. The molecular weight excluding hydrogens is 384 g/mol. The number of nitrogens with zero attached hydrogens (tertiary/aromatic N) is 2. The van der Waals surface area contributed by atoms with Gasteiger partial charge in [-0.25, -0.2) is 13.4 Å². The minimum atomic E-state index is -4.09. The largest absolute Gasteiger partial charge is 0.369 e. The second-order valence-corrected chi connectivity index (χ2v) is 8.81. The lowest BCUT2D eigenvalue weighted by atomic mass is 10.0. The Kier molecular flexibility index (Phi) is 7.25. The van der Waals surface area contributed by atoms with Crippen LogP contribution in [0.2, 0.25) is 0 Å². The van der Waals surface area contributed by atoms with Crippen LogP contribution in [-0.4, -0.2) is 47.5 Å². The fourth-order valence-corrected chi connectivity index (χ4v) is 4.76. The van der Waals surface area contributed by atoms with Crippen molar-refractivity contribution in [2.75, 3.05) is 0 Å². The van der Waals surface area contributed by atoms with E-state index in [2.05, 4.69) is 10.3 Å². The predicted molar refractivity (Wildman–Crippen MR) is 101 cm³/mol. The van der Waals surface area contributed by atoms with Crippen molar-refractivity contribution >= 4 is 27.6 Å². The number of rotatable bonds is 7. The Hall–Kier alpha value is -2.33. The molecule has 0 aromatic carbocycles. The molecule has 0 aliphatic carbocycles.